The van der Waals surface area contributed by atoms with Crippen molar-refractivity contribution in [2.75, 3.05) is 19.8 Å². The van der Waals surface area contributed by atoms with E-state index < -0.39 is 0 Å². The van der Waals surface area contributed by atoms with E-state index in [9.17, 15) is 0 Å². The van der Waals surface area contributed by atoms with Crippen molar-refractivity contribution < 1.29 is 18.9 Å². The molecule has 3 unspecified atom stereocenters. The van der Waals surface area contributed by atoms with Crippen LogP contribution in [-0.2, 0) is 18.9 Å². The molecule has 3 saturated heterocycles. The molecule has 0 bridgehead atoms. The first-order chi connectivity index (χ1) is 8.73. The molecule has 1 spiro atoms. The average Bonchev–Trinajstić information content (AvgIpc) is 3.28. The summed E-state index contributed by atoms with van der Waals surface area (Å²) in [6.45, 7) is 4.68. The lowest BCUT2D eigenvalue weighted by atomic mass is 9.74. The molecule has 0 aromatic rings. The van der Waals surface area contributed by atoms with E-state index in [0.29, 0.717) is 18.3 Å². The molecular weight excluding hydrogens is 232 g/mol. The highest BCUT2D eigenvalue weighted by molar-refractivity contribution is 5.00. The van der Waals surface area contributed by atoms with Crippen molar-refractivity contribution in [1.82, 2.24) is 0 Å². The van der Waals surface area contributed by atoms with Gasteiger partial charge in [0.05, 0.1) is 38.1 Å². The van der Waals surface area contributed by atoms with Gasteiger partial charge < -0.3 is 18.9 Å². The first-order valence-corrected chi connectivity index (χ1v) is 7.28. The Labute approximate surface area is 108 Å². The van der Waals surface area contributed by atoms with Gasteiger partial charge in [0.1, 0.15) is 0 Å². The van der Waals surface area contributed by atoms with E-state index in [0.717, 1.165) is 39.1 Å². The maximum atomic E-state index is 6.17. The topological polar surface area (TPSA) is 43.5 Å². The molecule has 18 heavy (non-hydrogen) atoms. The van der Waals surface area contributed by atoms with Gasteiger partial charge in [0.2, 0.25) is 0 Å². The Morgan fingerprint density at radius 1 is 1.17 bits per heavy atom. The Morgan fingerprint density at radius 2 is 1.94 bits per heavy atom. The normalized spacial score (nSPS) is 54.2. The van der Waals surface area contributed by atoms with Crippen molar-refractivity contribution in [2.24, 2.45) is 5.41 Å². The Kier molecular flexibility index (Phi) is 2.54. The van der Waals surface area contributed by atoms with Crippen molar-refractivity contribution >= 4 is 0 Å². The minimum atomic E-state index is -0.381. The highest BCUT2D eigenvalue weighted by Gasteiger charge is 2.54. The molecule has 4 aliphatic rings. The first kappa shape index (κ1) is 11.6. The lowest BCUT2D eigenvalue weighted by Crippen LogP contribution is -2.51. The fraction of sp³-hybridized carbons (Fsp3) is 1.00. The van der Waals surface area contributed by atoms with Gasteiger partial charge >= 0.3 is 0 Å². The molecule has 4 rings (SSSR count). The number of fused-ring (bicyclic) bond motifs is 1. The van der Waals surface area contributed by atoms with Crippen molar-refractivity contribution in [3.63, 3.8) is 0 Å². The standard InChI is InChI=1S/C14H22O4/c1-2-14(5-10-7-15-10)16-8-13(9-17-14)4-3-11-12(6-13)18-11/h10-12H,2-9H2,1H3. The largest absolute Gasteiger partial charge is 0.373 e. The Bertz CT molecular complexity index is 321. The van der Waals surface area contributed by atoms with Crippen LogP contribution in [0, 0.1) is 5.41 Å². The van der Waals surface area contributed by atoms with Gasteiger partial charge in [-0.3, -0.25) is 0 Å². The molecule has 102 valence electrons. The summed E-state index contributed by atoms with van der Waals surface area (Å²) in [4.78, 5) is 0. The summed E-state index contributed by atoms with van der Waals surface area (Å²) in [5.41, 5.74) is 0.223. The van der Waals surface area contributed by atoms with Gasteiger partial charge in [-0.1, -0.05) is 6.92 Å². The van der Waals surface area contributed by atoms with Crippen LogP contribution in [0.4, 0.5) is 0 Å². The zero-order valence-electron chi connectivity index (χ0n) is 11.0. The predicted octanol–water partition coefficient (Wildman–Crippen LogP) is 1.87. The van der Waals surface area contributed by atoms with Crippen LogP contribution < -0.4 is 0 Å². The van der Waals surface area contributed by atoms with E-state index in [4.69, 9.17) is 18.9 Å². The van der Waals surface area contributed by atoms with E-state index in [1.54, 1.807) is 0 Å². The summed E-state index contributed by atoms with van der Waals surface area (Å²) in [5, 5.41) is 0. The highest BCUT2D eigenvalue weighted by atomic mass is 16.7. The molecule has 0 amide bonds. The zero-order valence-corrected chi connectivity index (χ0v) is 11.0. The van der Waals surface area contributed by atoms with Gasteiger partial charge in [0.15, 0.2) is 5.79 Å². The van der Waals surface area contributed by atoms with E-state index in [1.807, 2.05) is 0 Å². The van der Waals surface area contributed by atoms with E-state index >= 15 is 0 Å². The van der Waals surface area contributed by atoms with Gasteiger partial charge in [0, 0.05) is 11.8 Å². The van der Waals surface area contributed by atoms with Gasteiger partial charge in [-0.25, -0.2) is 0 Å². The quantitative estimate of drug-likeness (QED) is 0.721. The second-order valence-corrected chi connectivity index (χ2v) is 6.46. The van der Waals surface area contributed by atoms with Crippen LogP contribution in [0.25, 0.3) is 0 Å². The molecule has 0 aromatic heterocycles. The third-order valence-corrected chi connectivity index (χ3v) is 5.04. The van der Waals surface area contributed by atoms with Gasteiger partial charge in [-0.2, -0.15) is 0 Å². The van der Waals surface area contributed by atoms with Crippen LogP contribution in [-0.4, -0.2) is 43.9 Å². The average molecular weight is 254 g/mol. The smallest absolute Gasteiger partial charge is 0.170 e. The molecule has 0 N–H and O–H groups in total. The molecule has 1 aliphatic carbocycles. The third kappa shape index (κ3) is 1.99. The first-order valence-electron chi connectivity index (χ1n) is 7.28. The Hall–Kier alpha value is -0.160. The molecular formula is C14H22O4. The highest BCUT2D eigenvalue weighted by Crippen LogP contribution is 2.50. The van der Waals surface area contributed by atoms with Crippen molar-refractivity contribution in [3.05, 3.63) is 0 Å². The van der Waals surface area contributed by atoms with Crippen LogP contribution in [0.3, 0.4) is 0 Å². The number of hydrogen-bond acceptors (Lipinski definition) is 4. The van der Waals surface area contributed by atoms with Gasteiger partial charge in [-0.05, 0) is 25.7 Å². The molecule has 1 saturated carbocycles. The number of hydrogen-bond donors (Lipinski definition) is 0. The van der Waals surface area contributed by atoms with E-state index in [-0.39, 0.29) is 11.2 Å². The van der Waals surface area contributed by atoms with E-state index in [1.165, 1.54) is 12.8 Å². The summed E-state index contributed by atoms with van der Waals surface area (Å²) in [6, 6.07) is 0. The maximum absolute atomic E-state index is 6.17. The maximum Gasteiger partial charge on any atom is 0.170 e. The van der Waals surface area contributed by atoms with Crippen molar-refractivity contribution in [3.8, 4) is 0 Å². The molecule has 4 nitrogen and oxygen atoms in total. The fourth-order valence-corrected chi connectivity index (χ4v) is 3.50. The van der Waals surface area contributed by atoms with Crippen molar-refractivity contribution in [1.29, 1.82) is 0 Å². The molecule has 0 radical (unpaired) electrons. The lowest BCUT2D eigenvalue weighted by Gasteiger charge is -2.47. The van der Waals surface area contributed by atoms with Crippen LogP contribution in [0.5, 0.6) is 0 Å². The monoisotopic (exact) mass is 254 g/mol. The lowest BCUT2D eigenvalue weighted by molar-refractivity contribution is -0.312. The van der Waals surface area contributed by atoms with Crippen LogP contribution in [0.2, 0.25) is 0 Å². The summed E-state index contributed by atoms with van der Waals surface area (Å²) < 4.78 is 23.3. The molecule has 3 aliphatic heterocycles. The van der Waals surface area contributed by atoms with Crippen molar-refractivity contribution in [2.45, 2.75) is 63.1 Å². The minimum absolute atomic E-state index is 0.223. The minimum Gasteiger partial charge on any atom is -0.373 e. The second-order valence-electron chi connectivity index (χ2n) is 6.46. The van der Waals surface area contributed by atoms with Crippen LogP contribution in [0.15, 0.2) is 0 Å². The number of rotatable bonds is 3. The SMILES string of the molecule is CCC1(CC2CO2)OCC2(CCC3OC3C2)CO1. The molecule has 4 heteroatoms. The van der Waals surface area contributed by atoms with E-state index in [2.05, 4.69) is 6.92 Å². The predicted molar refractivity (Wildman–Crippen MR) is 64.2 cm³/mol. The summed E-state index contributed by atoms with van der Waals surface area (Å²) in [6.07, 6.45) is 6.70. The number of ether oxygens (including phenoxy) is 4. The van der Waals surface area contributed by atoms with Crippen LogP contribution >= 0.6 is 0 Å². The summed E-state index contributed by atoms with van der Waals surface area (Å²) >= 11 is 0. The second kappa shape index (κ2) is 3.92. The molecule has 0 aromatic carbocycles. The molecule has 3 heterocycles. The van der Waals surface area contributed by atoms with Crippen LogP contribution in [0.1, 0.15) is 39.0 Å². The zero-order chi connectivity index (χ0) is 12.2. The van der Waals surface area contributed by atoms with Gasteiger partial charge in [0.25, 0.3) is 0 Å². The summed E-state index contributed by atoms with van der Waals surface area (Å²) in [7, 11) is 0. The molecule has 4 fully saturated rings. The fourth-order valence-electron chi connectivity index (χ4n) is 3.50. The van der Waals surface area contributed by atoms with Gasteiger partial charge in [-0.15, -0.1) is 0 Å². The Balaban J connectivity index is 1.41. The Morgan fingerprint density at radius 3 is 2.56 bits per heavy atom. The molecule has 3 atom stereocenters. The third-order valence-electron chi connectivity index (χ3n) is 5.04. The summed E-state index contributed by atoms with van der Waals surface area (Å²) in [5.74, 6) is -0.381. The number of epoxide rings is 2.